The molecule has 1 saturated heterocycles. The SMILES string of the molecule is CN1CCN(CCCNC(=O)c2ccccc2SCc2ccccc2)CC1. The molecule has 1 fully saturated rings. The highest BCUT2D eigenvalue weighted by molar-refractivity contribution is 7.98. The Morgan fingerprint density at radius 2 is 1.70 bits per heavy atom. The van der Waals surface area contributed by atoms with Crippen LogP contribution in [0.1, 0.15) is 22.3 Å². The maximum Gasteiger partial charge on any atom is 0.252 e. The average molecular weight is 384 g/mol. The van der Waals surface area contributed by atoms with Crippen molar-refractivity contribution in [3.8, 4) is 0 Å². The van der Waals surface area contributed by atoms with Crippen molar-refractivity contribution in [2.45, 2.75) is 17.1 Å². The second kappa shape index (κ2) is 10.5. The van der Waals surface area contributed by atoms with Crippen LogP contribution >= 0.6 is 11.8 Å². The highest BCUT2D eigenvalue weighted by Gasteiger charge is 2.14. The third-order valence-corrected chi connectivity index (χ3v) is 6.05. The van der Waals surface area contributed by atoms with Gasteiger partial charge in [0.05, 0.1) is 5.56 Å². The Morgan fingerprint density at radius 3 is 2.48 bits per heavy atom. The first kappa shape index (κ1) is 19.9. The molecule has 1 N–H and O–H groups in total. The average Bonchev–Trinajstić information content (AvgIpc) is 2.72. The van der Waals surface area contributed by atoms with Crippen molar-refractivity contribution >= 4 is 17.7 Å². The molecule has 4 nitrogen and oxygen atoms in total. The zero-order valence-electron chi connectivity index (χ0n) is 16.1. The second-order valence-electron chi connectivity index (χ2n) is 7.02. The van der Waals surface area contributed by atoms with E-state index in [0.29, 0.717) is 0 Å². The maximum absolute atomic E-state index is 12.6. The van der Waals surface area contributed by atoms with Crippen molar-refractivity contribution in [2.75, 3.05) is 46.3 Å². The molecule has 1 aliphatic heterocycles. The second-order valence-corrected chi connectivity index (χ2v) is 8.04. The molecule has 1 heterocycles. The summed E-state index contributed by atoms with van der Waals surface area (Å²) in [7, 11) is 2.17. The fourth-order valence-corrected chi connectivity index (χ4v) is 4.19. The molecule has 2 aromatic carbocycles. The number of rotatable bonds is 8. The monoisotopic (exact) mass is 383 g/mol. The number of benzene rings is 2. The number of hydrogen-bond acceptors (Lipinski definition) is 4. The van der Waals surface area contributed by atoms with Crippen molar-refractivity contribution in [1.29, 1.82) is 0 Å². The lowest BCUT2D eigenvalue weighted by atomic mass is 10.2. The molecule has 5 heteroatoms. The Hall–Kier alpha value is -1.82. The fraction of sp³-hybridized carbons (Fsp3) is 0.409. The van der Waals surface area contributed by atoms with E-state index in [0.717, 1.165) is 61.9 Å². The van der Waals surface area contributed by atoms with E-state index in [9.17, 15) is 4.79 Å². The van der Waals surface area contributed by atoms with Crippen LogP contribution in [0, 0.1) is 0 Å². The Kier molecular flexibility index (Phi) is 7.75. The maximum atomic E-state index is 12.6. The summed E-state index contributed by atoms with van der Waals surface area (Å²) < 4.78 is 0. The van der Waals surface area contributed by atoms with Crippen LogP contribution in [0.3, 0.4) is 0 Å². The van der Waals surface area contributed by atoms with Gasteiger partial charge in [0.1, 0.15) is 0 Å². The number of nitrogens with zero attached hydrogens (tertiary/aromatic N) is 2. The Morgan fingerprint density at radius 1 is 1.00 bits per heavy atom. The standard InChI is InChI=1S/C22H29N3OS/c1-24-14-16-25(17-15-24)13-7-12-23-22(26)20-10-5-6-11-21(20)27-18-19-8-3-2-4-9-19/h2-6,8-11H,7,12-18H2,1H3,(H,23,26). The van der Waals surface area contributed by atoms with Crippen molar-refractivity contribution in [2.24, 2.45) is 0 Å². The van der Waals surface area contributed by atoms with Crippen molar-refractivity contribution in [3.63, 3.8) is 0 Å². The minimum atomic E-state index is 0.0320. The van der Waals surface area contributed by atoms with Gasteiger partial charge in [-0.2, -0.15) is 0 Å². The molecule has 144 valence electrons. The van der Waals surface area contributed by atoms with Gasteiger partial charge in [0, 0.05) is 43.4 Å². The fourth-order valence-electron chi connectivity index (χ4n) is 3.19. The molecule has 0 aliphatic carbocycles. The number of likely N-dealkylation sites (N-methyl/N-ethyl adjacent to an activating group) is 1. The number of hydrogen-bond donors (Lipinski definition) is 1. The molecule has 0 radical (unpaired) electrons. The molecule has 0 bridgehead atoms. The number of amides is 1. The molecule has 0 saturated carbocycles. The van der Waals surface area contributed by atoms with Crippen molar-refractivity contribution in [3.05, 3.63) is 65.7 Å². The molecule has 1 aliphatic rings. The predicted molar refractivity (Wildman–Crippen MR) is 113 cm³/mol. The van der Waals surface area contributed by atoms with E-state index >= 15 is 0 Å². The van der Waals surface area contributed by atoms with Crippen LogP contribution in [0.4, 0.5) is 0 Å². The number of carbonyl (C=O) groups is 1. The summed E-state index contributed by atoms with van der Waals surface area (Å²) in [6.45, 7) is 6.31. The molecule has 0 spiro atoms. The van der Waals surface area contributed by atoms with Gasteiger partial charge in [-0.1, -0.05) is 42.5 Å². The number of piperazine rings is 1. The Bertz CT molecular complexity index is 715. The normalized spacial score (nSPS) is 15.6. The number of thioether (sulfide) groups is 1. The van der Waals surface area contributed by atoms with Crippen LogP contribution in [0.15, 0.2) is 59.5 Å². The molecule has 27 heavy (non-hydrogen) atoms. The van der Waals surface area contributed by atoms with Crippen LogP contribution in [-0.2, 0) is 5.75 Å². The number of carbonyl (C=O) groups excluding carboxylic acids is 1. The first-order valence-electron chi connectivity index (χ1n) is 9.67. The number of nitrogens with one attached hydrogen (secondary N) is 1. The summed E-state index contributed by atoms with van der Waals surface area (Å²) >= 11 is 1.72. The van der Waals surface area contributed by atoms with Gasteiger partial charge in [0.25, 0.3) is 5.91 Å². The zero-order valence-corrected chi connectivity index (χ0v) is 16.9. The van der Waals surface area contributed by atoms with E-state index in [1.54, 1.807) is 11.8 Å². The third kappa shape index (κ3) is 6.38. The highest BCUT2D eigenvalue weighted by atomic mass is 32.2. The Balaban J connectivity index is 1.45. The topological polar surface area (TPSA) is 35.6 Å². The van der Waals surface area contributed by atoms with Gasteiger partial charge in [-0.25, -0.2) is 0 Å². The van der Waals surface area contributed by atoms with Crippen molar-refractivity contribution in [1.82, 2.24) is 15.1 Å². The molecular weight excluding hydrogens is 354 g/mol. The summed E-state index contributed by atoms with van der Waals surface area (Å²) in [5.74, 6) is 0.902. The predicted octanol–water partition coefficient (Wildman–Crippen LogP) is 3.35. The summed E-state index contributed by atoms with van der Waals surface area (Å²) in [4.78, 5) is 18.5. The molecule has 3 rings (SSSR count). The molecular formula is C22H29N3OS. The first-order valence-corrected chi connectivity index (χ1v) is 10.7. The summed E-state index contributed by atoms with van der Waals surface area (Å²) in [6.07, 6.45) is 0.995. The van der Waals surface area contributed by atoms with E-state index in [2.05, 4.69) is 46.4 Å². The van der Waals surface area contributed by atoms with Gasteiger partial charge in [0.15, 0.2) is 0 Å². The lowest BCUT2D eigenvalue weighted by molar-refractivity contribution is 0.0946. The van der Waals surface area contributed by atoms with E-state index < -0.39 is 0 Å². The van der Waals surface area contributed by atoms with Crippen LogP contribution in [-0.4, -0.2) is 62.0 Å². The van der Waals surface area contributed by atoms with Gasteiger partial charge < -0.3 is 15.1 Å². The summed E-state index contributed by atoms with van der Waals surface area (Å²) in [6, 6.07) is 18.3. The van der Waals surface area contributed by atoms with E-state index in [-0.39, 0.29) is 5.91 Å². The van der Waals surface area contributed by atoms with E-state index in [1.807, 2.05) is 30.3 Å². The molecule has 0 unspecified atom stereocenters. The van der Waals surface area contributed by atoms with Gasteiger partial charge in [-0.05, 0) is 37.7 Å². The first-order chi connectivity index (χ1) is 13.2. The molecule has 0 atom stereocenters. The van der Waals surface area contributed by atoms with Crippen LogP contribution < -0.4 is 5.32 Å². The van der Waals surface area contributed by atoms with Gasteiger partial charge in [-0.3, -0.25) is 4.79 Å². The molecule has 2 aromatic rings. The van der Waals surface area contributed by atoms with Crippen molar-refractivity contribution < 1.29 is 4.79 Å². The minimum Gasteiger partial charge on any atom is -0.352 e. The quantitative estimate of drug-likeness (QED) is 0.560. The highest BCUT2D eigenvalue weighted by Crippen LogP contribution is 2.26. The van der Waals surface area contributed by atoms with Crippen LogP contribution in [0.2, 0.25) is 0 Å². The van der Waals surface area contributed by atoms with E-state index in [1.165, 1.54) is 5.56 Å². The third-order valence-electron chi connectivity index (χ3n) is 4.90. The minimum absolute atomic E-state index is 0.0320. The van der Waals surface area contributed by atoms with Gasteiger partial charge in [0.2, 0.25) is 0 Å². The Labute approximate surface area is 166 Å². The largest absolute Gasteiger partial charge is 0.352 e. The summed E-state index contributed by atoms with van der Waals surface area (Å²) in [5.41, 5.74) is 2.04. The van der Waals surface area contributed by atoms with Crippen LogP contribution in [0.5, 0.6) is 0 Å². The molecule has 1 amide bonds. The smallest absolute Gasteiger partial charge is 0.252 e. The molecule has 0 aromatic heterocycles. The van der Waals surface area contributed by atoms with Crippen LogP contribution in [0.25, 0.3) is 0 Å². The van der Waals surface area contributed by atoms with Gasteiger partial charge >= 0.3 is 0 Å². The lowest BCUT2D eigenvalue weighted by Gasteiger charge is -2.32. The zero-order chi connectivity index (χ0) is 18.9. The lowest BCUT2D eigenvalue weighted by Crippen LogP contribution is -2.45. The summed E-state index contributed by atoms with van der Waals surface area (Å²) in [5, 5.41) is 3.10. The van der Waals surface area contributed by atoms with E-state index in [4.69, 9.17) is 0 Å². The van der Waals surface area contributed by atoms with Gasteiger partial charge in [-0.15, -0.1) is 11.8 Å².